The molecule has 2 unspecified atom stereocenters. The number of anilines is 1. The van der Waals surface area contributed by atoms with Crippen LogP contribution in [0.3, 0.4) is 0 Å². The number of amides is 2. The molecule has 0 radical (unpaired) electrons. The third kappa shape index (κ3) is 3.03. The largest absolute Gasteiger partial charge is 0.467 e. The first-order chi connectivity index (χ1) is 10.7. The van der Waals surface area contributed by atoms with E-state index >= 15 is 0 Å². The molecule has 1 aliphatic carbocycles. The number of nitrogens with zero attached hydrogens (tertiary/aromatic N) is 1. The van der Waals surface area contributed by atoms with Gasteiger partial charge in [0.2, 0.25) is 11.8 Å². The summed E-state index contributed by atoms with van der Waals surface area (Å²) in [6, 6.07) is 13.0. The first-order valence-electron chi connectivity index (χ1n) is 7.29. The van der Waals surface area contributed by atoms with E-state index in [1.165, 1.54) is 0 Å². The number of furan rings is 1. The van der Waals surface area contributed by atoms with Crippen LogP contribution in [0.15, 0.2) is 53.1 Å². The Morgan fingerprint density at radius 1 is 1.18 bits per heavy atom. The molecule has 114 valence electrons. The maximum absolute atomic E-state index is 12.4. The molecule has 0 bridgehead atoms. The number of carbonyl (C=O) groups excluding carboxylic acids is 2. The molecule has 2 amide bonds. The molecule has 1 aliphatic rings. The fourth-order valence-corrected chi connectivity index (χ4v) is 2.50. The van der Waals surface area contributed by atoms with Gasteiger partial charge in [0.25, 0.3) is 0 Å². The maximum atomic E-state index is 12.4. The van der Waals surface area contributed by atoms with Crippen LogP contribution in [-0.2, 0) is 16.1 Å². The summed E-state index contributed by atoms with van der Waals surface area (Å²) in [5, 5.41) is 2.81. The summed E-state index contributed by atoms with van der Waals surface area (Å²) in [5.41, 5.74) is 0.842. The second kappa shape index (κ2) is 6.05. The summed E-state index contributed by atoms with van der Waals surface area (Å²) >= 11 is 0. The van der Waals surface area contributed by atoms with Gasteiger partial charge in [0.15, 0.2) is 0 Å². The molecule has 1 N–H and O–H groups in total. The van der Waals surface area contributed by atoms with E-state index in [9.17, 15) is 9.59 Å². The van der Waals surface area contributed by atoms with Crippen molar-refractivity contribution >= 4 is 17.5 Å². The first kappa shape index (κ1) is 14.4. The first-order valence-corrected chi connectivity index (χ1v) is 7.29. The Morgan fingerprint density at radius 3 is 2.64 bits per heavy atom. The van der Waals surface area contributed by atoms with E-state index in [0.717, 1.165) is 5.69 Å². The van der Waals surface area contributed by atoms with Gasteiger partial charge in [0.05, 0.1) is 24.6 Å². The van der Waals surface area contributed by atoms with Crippen LogP contribution in [0.4, 0.5) is 5.69 Å². The molecule has 0 saturated heterocycles. The Bertz CT molecular complexity index is 652. The molecule has 1 saturated carbocycles. The quantitative estimate of drug-likeness (QED) is 0.920. The van der Waals surface area contributed by atoms with E-state index in [1.54, 1.807) is 30.3 Å². The second-order valence-corrected chi connectivity index (χ2v) is 5.48. The van der Waals surface area contributed by atoms with Gasteiger partial charge in [-0.05, 0) is 30.7 Å². The Hall–Kier alpha value is -2.56. The number of carbonyl (C=O) groups is 2. The Morgan fingerprint density at radius 2 is 1.95 bits per heavy atom. The zero-order valence-electron chi connectivity index (χ0n) is 12.4. The number of nitrogens with one attached hydrogen (secondary N) is 1. The molecule has 1 aromatic carbocycles. The summed E-state index contributed by atoms with van der Waals surface area (Å²) in [4.78, 5) is 26.0. The average Bonchev–Trinajstić information content (AvgIpc) is 3.19. The minimum Gasteiger partial charge on any atom is -0.467 e. The van der Waals surface area contributed by atoms with Crippen molar-refractivity contribution in [2.45, 2.75) is 13.0 Å². The lowest BCUT2D eigenvalue weighted by Crippen LogP contribution is -2.31. The van der Waals surface area contributed by atoms with Crippen LogP contribution in [-0.4, -0.2) is 18.9 Å². The zero-order chi connectivity index (χ0) is 15.5. The molecular formula is C17H18N2O3. The van der Waals surface area contributed by atoms with E-state index in [2.05, 4.69) is 5.32 Å². The van der Waals surface area contributed by atoms with E-state index in [4.69, 9.17) is 4.42 Å². The summed E-state index contributed by atoms with van der Waals surface area (Å²) in [6.45, 7) is 0.359. The summed E-state index contributed by atoms with van der Waals surface area (Å²) in [6.07, 6.45) is 2.18. The summed E-state index contributed by atoms with van der Waals surface area (Å²) in [5.74, 6) is 0.161. The van der Waals surface area contributed by atoms with Crippen molar-refractivity contribution in [1.82, 2.24) is 5.32 Å². The smallest absolute Gasteiger partial charge is 0.230 e. The Labute approximate surface area is 128 Å². The van der Waals surface area contributed by atoms with Crippen LogP contribution in [0.1, 0.15) is 12.2 Å². The summed E-state index contributed by atoms with van der Waals surface area (Å²) < 4.78 is 5.16. The molecule has 5 heteroatoms. The highest BCUT2D eigenvalue weighted by atomic mass is 16.3. The third-order valence-corrected chi connectivity index (χ3v) is 3.94. The third-order valence-electron chi connectivity index (χ3n) is 3.94. The highest BCUT2D eigenvalue weighted by Crippen LogP contribution is 2.40. The molecular weight excluding hydrogens is 280 g/mol. The predicted octanol–water partition coefficient (Wildman–Crippen LogP) is 2.19. The van der Waals surface area contributed by atoms with Gasteiger partial charge in [0.1, 0.15) is 5.76 Å². The van der Waals surface area contributed by atoms with Gasteiger partial charge >= 0.3 is 0 Å². The molecule has 1 heterocycles. The molecule has 22 heavy (non-hydrogen) atoms. The highest BCUT2D eigenvalue weighted by molar-refractivity contribution is 6.00. The van der Waals surface area contributed by atoms with Crippen molar-refractivity contribution < 1.29 is 14.0 Å². The molecule has 5 nitrogen and oxygen atoms in total. The van der Waals surface area contributed by atoms with Crippen molar-refractivity contribution in [2.75, 3.05) is 11.9 Å². The van der Waals surface area contributed by atoms with Crippen LogP contribution >= 0.6 is 0 Å². The highest BCUT2D eigenvalue weighted by Gasteiger charge is 2.49. The van der Waals surface area contributed by atoms with Gasteiger partial charge < -0.3 is 14.6 Å². The van der Waals surface area contributed by atoms with E-state index in [1.807, 2.05) is 30.3 Å². The van der Waals surface area contributed by atoms with Gasteiger partial charge in [-0.25, -0.2) is 0 Å². The van der Waals surface area contributed by atoms with Crippen LogP contribution in [0.2, 0.25) is 0 Å². The van der Waals surface area contributed by atoms with Crippen molar-refractivity contribution in [1.29, 1.82) is 0 Å². The molecule has 1 aromatic heterocycles. The standard InChI is InChI=1S/C17H18N2O3/c1-19(12-6-3-2-4-7-12)17(21)15-10-14(15)16(20)18-11-13-8-5-9-22-13/h2-9,14-15H,10-11H2,1H3,(H,18,20). The predicted molar refractivity (Wildman–Crippen MR) is 82.0 cm³/mol. The lowest BCUT2D eigenvalue weighted by molar-refractivity contribution is -0.126. The SMILES string of the molecule is CN(C(=O)C1CC1C(=O)NCc1ccco1)c1ccccc1. The minimum atomic E-state index is -0.228. The van der Waals surface area contributed by atoms with Crippen LogP contribution in [0.5, 0.6) is 0 Å². The van der Waals surface area contributed by atoms with E-state index in [-0.39, 0.29) is 23.7 Å². The van der Waals surface area contributed by atoms with Gasteiger partial charge in [-0.1, -0.05) is 18.2 Å². The van der Waals surface area contributed by atoms with Gasteiger partial charge in [-0.2, -0.15) is 0 Å². The van der Waals surface area contributed by atoms with E-state index in [0.29, 0.717) is 18.7 Å². The van der Waals surface area contributed by atoms with Crippen molar-refractivity contribution in [3.63, 3.8) is 0 Å². The fraction of sp³-hybridized carbons (Fsp3) is 0.294. The van der Waals surface area contributed by atoms with Gasteiger partial charge in [0, 0.05) is 12.7 Å². The van der Waals surface area contributed by atoms with Crippen molar-refractivity contribution in [3.8, 4) is 0 Å². The van der Waals surface area contributed by atoms with E-state index < -0.39 is 0 Å². The Kier molecular flexibility index (Phi) is 3.96. The van der Waals surface area contributed by atoms with Gasteiger partial charge in [-0.3, -0.25) is 9.59 Å². The Balaban J connectivity index is 1.52. The lowest BCUT2D eigenvalue weighted by Gasteiger charge is -2.17. The van der Waals surface area contributed by atoms with Crippen LogP contribution < -0.4 is 10.2 Å². The average molecular weight is 298 g/mol. The number of rotatable bonds is 5. The summed E-state index contributed by atoms with van der Waals surface area (Å²) in [7, 11) is 1.74. The molecule has 1 fully saturated rings. The van der Waals surface area contributed by atoms with Crippen LogP contribution in [0.25, 0.3) is 0 Å². The van der Waals surface area contributed by atoms with Crippen LogP contribution in [0, 0.1) is 11.8 Å². The molecule has 2 aromatic rings. The number of hydrogen-bond donors (Lipinski definition) is 1. The number of para-hydroxylation sites is 1. The second-order valence-electron chi connectivity index (χ2n) is 5.48. The molecule has 0 spiro atoms. The molecule has 3 rings (SSSR count). The number of benzene rings is 1. The molecule has 2 atom stereocenters. The monoisotopic (exact) mass is 298 g/mol. The fourth-order valence-electron chi connectivity index (χ4n) is 2.50. The maximum Gasteiger partial charge on any atom is 0.230 e. The minimum absolute atomic E-state index is 0.00986. The van der Waals surface area contributed by atoms with Crippen molar-refractivity contribution in [2.24, 2.45) is 11.8 Å². The normalized spacial score (nSPS) is 19.5. The lowest BCUT2D eigenvalue weighted by atomic mass is 10.2. The molecule has 0 aliphatic heterocycles. The van der Waals surface area contributed by atoms with Crippen molar-refractivity contribution in [3.05, 3.63) is 54.5 Å². The zero-order valence-corrected chi connectivity index (χ0v) is 12.4. The number of hydrogen-bond acceptors (Lipinski definition) is 3. The van der Waals surface area contributed by atoms with Gasteiger partial charge in [-0.15, -0.1) is 0 Å². The topological polar surface area (TPSA) is 62.6 Å².